The molecular formula is C31H53IO2. The second kappa shape index (κ2) is 11.8. The predicted molar refractivity (Wildman–Crippen MR) is 152 cm³/mol. The van der Waals surface area contributed by atoms with Crippen molar-refractivity contribution in [2.45, 2.75) is 111 Å². The summed E-state index contributed by atoms with van der Waals surface area (Å²) in [5, 5.41) is 0. The van der Waals surface area contributed by atoms with Gasteiger partial charge in [0, 0.05) is 4.43 Å². The van der Waals surface area contributed by atoms with Crippen molar-refractivity contribution in [3.05, 3.63) is 11.6 Å². The first-order valence-corrected chi connectivity index (χ1v) is 16.3. The number of ether oxygens (including phenoxy) is 2. The van der Waals surface area contributed by atoms with Crippen LogP contribution in [0.5, 0.6) is 0 Å². The van der Waals surface area contributed by atoms with E-state index in [0.29, 0.717) is 16.9 Å². The molecule has 3 fully saturated rings. The summed E-state index contributed by atoms with van der Waals surface area (Å²) < 4.78 is 13.0. The van der Waals surface area contributed by atoms with Gasteiger partial charge in [0.1, 0.15) is 0 Å². The minimum absolute atomic E-state index is 0.412. The van der Waals surface area contributed by atoms with Gasteiger partial charge in [-0.2, -0.15) is 0 Å². The molecule has 0 bridgehead atoms. The first-order valence-electron chi connectivity index (χ1n) is 14.7. The van der Waals surface area contributed by atoms with E-state index in [2.05, 4.69) is 63.3 Å². The van der Waals surface area contributed by atoms with Gasteiger partial charge < -0.3 is 9.47 Å². The van der Waals surface area contributed by atoms with Crippen LogP contribution in [0.1, 0.15) is 105 Å². The molecule has 4 unspecified atom stereocenters. The van der Waals surface area contributed by atoms with Crippen LogP contribution >= 0.6 is 22.6 Å². The molecule has 0 aliphatic heterocycles. The monoisotopic (exact) mass is 584 g/mol. The van der Waals surface area contributed by atoms with Gasteiger partial charge >= 0.3 is 0 Å². The SMILES string of the molecule is CC(C)CCC[C@@H](C)[C@H]1CCC2C3CC=C4CC(OCCOCCI)CC[C@]4(C)C3CC[C@@]21C. The average molecular weight is 585 g/mol. The molecule has 0 saturated heterocycles. The van der Waals surface area contributed by atoms with Gasteiger partial charge in [-0.05, 0) is 97.7 Å². The van der Waals surface area contributed by atoms with Crippen LogP contribution in [0.25, 0.3) is 0 Å². The summed E-state index contributed by atoms with van der Waals surface area (Å²) in [5.74, 6) is 5.52. The summed E-state index contributed by atoms with van der Waals surface area (Å²) in [4.78, 5) is 0. The van der Waals surface area contributed by atoms with Gasteiger partial charge in [0.25, 0.3) is 0 Å². The van der Waals surface area contributed by atoms with Crippen LogP contribution in [-0.2, 0) is 9.47 Å². The van der Waals surface area contributed by atoms with Crippen LogP contribution in [0.3, 0.4) is 0 Å². The van der Waals surface area contributed by atoms with Crippen molar-refractivity contribution < 1.29 is 9.47 Å². The highest BCUT2D eigenvalue weighted by molar-refractivity contribution is 14.1. The van der Waals surface area contributed by atoms with Gasteiger partial charge in [-0.3, -0.25) is 0 Å². The highest BCUT2D eigenvalue weighted by atomic mass is 127. The van der Waals surface area contributed by atoms with E-state index in [1.165, 1.54) is 70.6 Å². The van der Waals surface area contributed by atoms with E-state index < -0.39 is 0 Å². The molecule has 4 aliphatic rings. The lowest BCUT2D eigenvalue weighted by atomic mass is 9.47. The van der Waals surface area contributed by atoms with Crippen LogP contribution in [0.4, 0.5) is 0 Å². The van der Waals surface area contributed by atoms with Crippen molar-refractivity contribution in [1.29, 1.82) is 0 Å². The minimum Gasteiger partial charge on any atom is -0.378 e. The molecule has 8 atom stereocenters. The molecule has 0 amide bonds. The van der Waals surface area contributed by atoms with E-state index in [1.807, 2.05) is 0 Å². The van der Waals surface area contributed by atoms with Gasteiger partial charge in [0.05, 0.1) is 25.9 Å². The van der Waals surface area contributed by atoms with Crippen LogP contribution in [0.2, 0.25) is 0 Å². The molecular weight excluding hydrogens is 531 g/mol. The summed E-state index contributed by atoms with van der Waals surface area (Å²) in [7, 11) is 0. The standard InChI is InChI=1S/C31H53IO2/c1-22(2)7-6-8-23(3)27-11-12-28-26-10-9-24-21-25(34-20-19-33-18-17-32)13-15-30(24,4)29(26)14-16-31(27,28)5/h9,22-23,25-29H,6-8,10-21H2,1-5H3/t23-,25?,26?,27-,28?,29?,30+,31-/m1/s1. The average Bonchev–Trinajstić information content (AvgIpc) is 3.16. The van der Waals surface area contributed by atoms with E-state index in [0.717, 1.165) is 59.8 Å². The summed E-state index contributed by atoms with van der Waals surface area (Å²) >= 11 is 2.37. The Balaban J connectivity index is 1.37. The Morgan fingerprint density at radius 1 is 0.971 bits per heavy atom. The molecule has 0 aromatic carbocycles. The van der Waals surface area contributed by atoms with Gasteiger partial charge in [-0.1, -0.05) is 88.1 Å². The molecule has 3 heteroatoms. The second-order valence-corrected chi connectivity index (χ2v) is 14.4. The fraction of sp³-hybridized carbons (Fsp3) is 0.935. The molecule has 2 nitrogen and oxygen atoms in total. The molecule has 34 heavy (non-hydrogen) atoms. The van der Waals surface area contributed by atoms with Gasteiger partial charge in [-0.25, -0.2) is 0 Å². The highest BCUT2D eigenvalue weighted by Crippen LogP contribution is 2.67. The third-order valence-corrected chi connectivity index (χ3v) is 11.5. The van der Waals surface area contributed by atoms with E-state index >= 15 is 0 Å². The number of fused-ring (bicyclic) bond motifs is 5. The zero-order valence-electron chi connectivity index (χ0n) is 22.9. The topological polar surface area (TPSA) is 18.5 Å². The second-order valence-electron chi connectivity index (χ2n) is 13.3. The first kappa shape index (κ1) is 27.4. The van der Waals surface area contributed by atoms with Crippen molar-refractivity contribution in [2.24, 2.45) is 46.3 Å². The van der Waals surface area contributed by atoms with Crippen LogP contribution < -0.4 is 0 Å². The van der Waals surface area contributed by atoms with Crippen molar-refractivity contribution in [3.8, 4) is 0 Å². The number of rotatable bonds is 11. The molecule has 0 aromatic rings. The van der Waals surface area contributed by atoms with E-state index in [1.54, 1.807) is 5.57 Å². The van der Waals surface area contributed by atoms with Gasteiger partial charge in [0.15, 0.2) is 0 Å². The predicted octanol–water partition coefficient (Wildman–Crippen LogP) is 8.86. The van der Waals surface area contributed by atoms with Crippen molar-refractivity contribution in [1.82, 2.24) is 0 Å². The maximum atomic E-state index is 6.26. The van der Waals surface area contributed by atoms with Crippen LogP contribution in [0.15, 0.2) is 11.6 Å². The third kappa shape index (κ3) is 5.62. The molecule has 0 radical (unpaired) electrons. The largest absolute Gasteiger partial charge is 0.378 e. The summed E-state index contributed by atoms with van der Waals surface area (Å²) in [6.45, 7) is 15.1. The molecule has 196 valence electrons. The molecule has 3 saturated carbocycles. The van der Waals surface area contributed by atoms with Crippen molar-refractivity contribution in [2.75, 3.05) is 24.2 Å². The Morgan fingerprint density at radius 3 is 2.56 bits per heavy atom. The van der Waals surface area contributed by atoms with E-state index in [4.69, 9.17) is 9.47 Å². The summed E-state index contributed by atoms with van der Waals surface area (Å²) in [6, 6.07) is 0. The fourth-order valence-corrected chi connectivity index (χ4v) is 9.54. The Kier molecular flexibility index (Phi) is 9.55. The number of halogens is 1. The maximum Gasteiger partial charge on any atom is 0.0704 e. The minimum atomic E-state index is 0.412. The molecule has 4 aliphatic carbocycles. The molecule has 0 spiro atoms. The quantitative estimate of drug-likeness (QED) is 0.105. The van der Waals surface area contributed by atoms with Crippen molar-refractivity contribution in [3.63, 3.8) is 0 Å². The molecule has 0 aromatic heterocycles. The van der Waals surface area contributed by atoms with E-state index in [9.17, 15) is 0 Å². The van der Waals surface area contributed by atoms with Crippen molar-refractivity contribution >= 4 is 22.6 Å². The lowest BCUT2D eigenvalue weighted by Gasteiger charge is -2.58. The first-order chi connectivity index (χ1) is 16.3. The number of allylic oxidation sites excluding steroid dienone is 1. The smallest absolute Gasteiger partial charge is 0.0704 e. The Morgan fingerprint density at radius 2 is 1.79 bits per heavy atom. The Hall–Kier alpha value is 0.390. The molecule has 0 N–H and O–H groups in total. The number of hydrogen-bond donors (Lipinski definition) is 0. The number of hydrogen-bond acceptors (Lipinski definition) is 2. The summed E-state index contributed by atoms with van der Waals surface area (Å²) in [6.07, 6.45) is 18.4. The fourth-order valence-electron chi connectivity index (χ4n) is 9.22. The Labute approximate surface area is 224 Å². The zero-order valence-corrected chi connectivity index (χ0v) is 25.1. The zero-order chi connectivity index (χ0) is 24.3. The lowest BCUT2D eigenvalue weighted by Crippen LogP contribution is -2.51. The highest BCUT2D eigenvalue weighted by Gasteiger charge is 2.59. The normalized spacial score (nSPS) is 40.4. The number of alkyl halides is 1. The summed E-state index contributed by atoms with van der Waals surface area (Å²) in [5.41, 5.74) is 2.78. The Bertz CT molecular complexity index is 689. The van der Waals surface area contributed by atoms with Crippen LogP contribution in [-0.4, -0.2) is 30.4 Å². The third-order valence-electron chi connectivity index (χ3n) is 11.1. The maximum absolute atomic E-state index is 6.26. The lowest BCUT2D eigenvalue weighted by molar-refractivity contribution is -0.0674. The van der Waals surface area contributed by atoms with Crippen LogP contribution in [0, 0.1) is 46.3 Å². The molecule has 4 rings (SSSR count). The van der Waals surface area contributed by atoms with Gasteiger partial charge in [-0.15, -0.1) is 0 Å². The molecule has 0 heterocycles. The van der Waals surface area contributed by atoms with E-state index in [-0.39, 0.29) is 0 Å². The van der Waals surface area contributed by atoms with Gasteiger partial charge in [0.2, 0.25) is 0 Å².